The zero-order chi connectivity index (χ0) is 13.9. The molecule has 0 bridgehead atoms. The molecule has 1 aliphatic rings. The minimum atomic E-state index is -1.05. The van der Waals surface area contributed by atoms with Crippen LogP contribution in [0.15, 0.2) is 0 Å². The first-order valence-corrected chi connectivity index (χ1v) is 6.68. The predicted molar refractivity (Wildman–Crippen MR) is 70.3 cm³/mol. The minimum Gasteiger partial charge on any atom is -0.468 e. The molecular weight excluding hydrogens is 230 g/mol. The SMILES string of the molecule is COC(=O)C(C)(C)C(=O)CN1C(C)CCCC1C. The van der Waals surface area contributed by atoms with Gasteiger partial charge in [0, 0.05) is 12.1 Å². The van der Waals surface area contributed by atoms with Gasteiger partial charge in [-0.2, -0.15) is 0 Å². The standard InChI is InChI=1S/C14H25NO3/c1-10-7-6-8-11(2)15(10)9-12(16)14(3,4)13(17)18-5/h10-11H,6-9H2,1-5H3. The molecule has 1 rings (SSSR count). The molecule has 18 heavy (non-hydrogen) atoms. The van der Waals surface area contributed by atoms with Crippen molar-refractivity contribution in [2.45, 2.75) is 59.0 Å². The number of piperidine rings is 1. The van der Waals surface area contributed by atoms with E-state index in [4.69, 9.17) is 4.74 Å². The second kappa shape index (κ2) is 5.83. The van der Waals surface area contributed by atoms with Crippen molar-refractivity contribution in [3.8, 4) is 0 Å². The van der Waals surface area contributed by atoms with Crippen molar-refractivity contribution in [2.75, 3.05) is 13.7 Å². The van der Waals surface area contributed by atoms with E-state index in [0.717, 1.165) is 12.8 Å². The van der Waals surface area contributed by atoms with Crippen molar-refractivity contribution in [1.29, 1.82) is 0 Å². The highest BCUT2D eigenvalue weighted by atomic mass is 16.5. The molecule has 0 aliphatic carbocycles. The van der Waals surface area contributed by atoms with Crippen LogP contribution < -0.4 is 0 Å². The van der Waals surface area contributed by atoms with Gasteiger partial charge in [-0.25, -0.2) is 0 Å². The van der Waals surface area contributed by atoms with Crippen molar-refractivity contribution in [3.63, 3.8) is 0 Å². The third-order valence-electron chi connectivity index (χ3n) is 4.10. The number of carbonyl (C=O) groups excluding carboxylic acids is 2. The van der Waals surface area contributed by atoms with Crippen LogP contribution in [0.2, 0.25) is 0 Å². The van der Waals surface area contributed by atoms with E-state index in [2.05, 4.69) is 18.7 Å². The van der Waals surface area contributed by atoms with E-state index >= 15 is 0 Å². The van der Waals surface area contributed by atoms with E-state index < -0.39 is 11.4 Å². The molecule has 0 amide bonds. The Bertz CT molecular complexity index is 315. The van der Waals surface area contributed by atoms with E-state index in [-0.39, 0.29) is 5.78 Å². The fraction of sp³-hybridized carbons (Fsp3) is 0.857. The molecule has 0 N–H and O–H groups in total. The van der Waals surface area contributed by atoms with Crippen LogP contribution in [0.1, 0.15) is 47.0 Å². The number of likely N-dealkylation sites (tertiary alicyclic amines) is 1. The number of hydrogen-bond donors (Lipinski definition) is 0. The number of rotatable bonds is 4. The molecule has 1 heterocycles. The van der Waals surface area contributed by atoms with Crippen molar-refractivity contribution in [2.24, 2.45) is 5.41 Å². The van der Waals surface area contributed by atoms with Crippen LogP contribution in [0.5, 0.6) is 0 Å². The van der Waals surface area contributed by atoms with Gasteiger partial charge in [-0.15, -0.1) is 0 Å². The van der Waals surface area contributed by atoms with Gasteiger partial charge in [0.15, 0.2) is 5.78 Å². The summed E-state index contributed by atoms with van der Waals surface area (Å²) in [6.07, 6.45) is 3.46. The average molecular weight is 255 g/mol. The number of esters is 1. The Morgan fingerprint density at radius 1 is 1.22 bits per heavy atom. The zero-order valence-corrected chi connectivity index (χ0v) is 12.2. The number of Topliss-reactive ketones (excluding diaryl/α,β-unsaturated/α-hetero) is 1. The summed E-state index contributed by atoms with van der Waals surface area (Å²) in [6, 6.07) is 0.817. The Labute approximate surface area is 110 Å². The summed E-state index contributed by atoms with van der Waals surface area (Å²) in [5.74, 6) is -0.514. The van der Waals surface area contributed by atoms with Crippen LogP contribution in [0.3, 0.4) is 0 Å². The Hall–Kier alpha value is -0.900. The van der Waals surface area contributed by atoms with Crippen molar-refractivity contribution >= 4 is 11.8 Å². The first kappa shape index (κ1) is 15.2. The third-order valence-corrected chi connectivity index (χ3v) is 4.10. The summed E-state index contributed by atoms with van der Waals surface area (Å²) in [4.78, 5) is 26.1. The average Bonchev–Trinajstić information content (AvgIpc) is 2.32. The lowest BCUT2D eigenvalue weighted by molar-refractivity contribution is -0.156. The Kier molecular flexibility index (Phi) is 4.91. The first-order valence-electron chi connectivity index (χ1n) is 6.68. The molecule has 0 aromatic carbocycles. The molecular formula is C14H25NO3. The van der Waals surface area contributed by atoms with Crippen molar-refractivity contribution in [3.05, 3.63) is 0 Å². The van der Waals surface area contributed by atoms with Crippen LogP contribution >= 0.6 is 0 Å². The van der Waals surface area contributed by atoms with Crippen LogP contribution in [0, 0.1) is 5.41 Å². The van der Waals surface area contributed by atoms with Gasteiger partial charge < -0.3 is 4.74 Å². The number of carbonyl (C=O) groups is 2. The summed E-state index contributed by atoms with van der Waals surface area (Å²) in [6.45, 7) is 7.91. The van der Waals surface area contributed by atoms with Gasteiger partial charge in [-0.05, 0) is 40.5 Å². The molecule has 0 radical (unpaired) electrons. The Morgan fingerprint density at radius 2 is 1.72 bits per heavy atom. The van der Waals surface area contributed by atoms with E-state index in [1.807, 2.05) is 0 Å². The van der Waals surface area contributed by atoms with Gasteiger partial charge in [0.05, 0.1) is 13.7 Å². The van der Waals surface area contributed by atoms with Gasteiger partial charge >= 0.3 is 5.97 Å². The highest BCUT2D eigenvalue weighted by Gasteiger charge is 2.39. The van der Waals surface area contributed by atoms with Gasteiger partial charge in [0.1, 0.15) is 5.41 Å². The van der Waals surface area contributed by atoms with Crippen LogP contribution in [0.25, 0.3) is 0 Å². The predicted octanol–water partition coefficient (Wildman–Crippen LogP) is 2.02. The normalized spacial score (nSPS) is 25.8. The summed E-state index contributed by atoms with van der Waals surface area (Å²) in [7, 11) is 1.32. The molecule has 1 aliphatic heterocycles. The minimum absolute atomic E-state index is 0.0602. The van der Waals surface area contributed by atoms with Gasteiger partial charge in [-0.3, -0.25) is 14.5 Å². The molecule has 4 heteroatoms. The Balaban J connectivity index is 2.71. The molecule has 104 valence electrons. The molecule has 2 atom stereocenters. The number of methoxy groups -OCH3 is 1. The second-order valence-corrected chi connectivity index (χ2v) is 5.84. The molecule has 0 aromatic heterocycles. The molecule has 1 saturated heterocycles. The van der Waals surface area contributed by atoms with E-state index in [1.165, 1.54) is 13.5 Å². The zero-order valence-electron chi connectivity index (χ0n) is 12.2. The van der Waals surface area contributed by atoms with Crippen LogP contribution in [-0.4, -0.2) is 42.4 Å². The number of nitrogens with zero attached hydrogens (tertiary/aromatic N) is 1. The Morgan fingerprint density at radius 3 is 2.17 bits per heavy atom. The maximum atomic E-state index is 12.3. The van der Waals surface area contributed by atoms with E-state index in [1.54, 1.807) is 13.8 Å². The largest absolute Gasteiger partial charge is 0.468 e. The van der Waals surface area contributed by atoms with Crippen molar-refractivity contribution < 1.29 is 14.3 Å². The number of ketones is 1. The lowest BCUT2D eigenvalue weighted by Gasteiger charge is -2.39. The lowest BCUT2D eigenvalue weighted by Crippen LogP contribution is -2.50. The first-order chi connectivity index (χ1) is 8.30. The molecule has 1 fully saturated rings. The molecule has 2 unspecified atom stereocenters. The van der Waals surface area contributed by atoms with Crippen LogP contribution in [0.4, 0.5) is 0 Å². The fourth-order valence-electron chi connectivity index (χ4n) is 2.52. The maximum Gasteiger partial charge on any atom is 0.318 e. The summed E-state index contributed by atoms with van der Waals surface area (Å²) >= 11 is 0. The van der Waals surface area contributed by atoms with E-state index in [9.17, 15) is 9.59 Å². The van der Waals surface area contributed by atoms with Crippen LogP contribution in [-0.2, 0) is 14.3 Å². The fourth-order valence-corrected chi connectivity index (χ4v) is 2.52. The molecule has 0 spiro atoms. The molecule has 4 nitrogen and oxygen atoms in total. The van der Waals surface area contributed by atoms with Gasteiger partial charge in [0.2, 0.25) is 0 Å². The second-order valence-electron chi connectivity index (χ2n) is 5.84. The quantitative estimate of drug-likeness (QED) is 0.569. The summed E-state index contributed by atoms with van der Waals surface area (Å²) < 4.78 is 4.70. The number of hydrogen-bond acceptors (Lipinski definition) is 4. The van der Waals surface area contributed by atoms with Gasteiger partial charge in [0.25, 0.3) is 0 Å². The van der Waals surface area contributed by atoms with Crippen molar-refractivity contribution in [1.82, 2.24) is 4.90 Å². The summed E-state index contributed by atoms with van der Waals surface area (Å²) in [5.41, 5.74) is -1.05. The molecule has 0 saturated carbocycles. The smallest absolute Gasteiger partial charge is 0.318 e. The summed E-state index contributed by atoms with van der Waals surface area (Å²) in [5, 5.41) is 0. The highest BCUT2D eigenvalue weighted by molar-refractivity contribution is 6.03. The van der Waals surface area contributed by atoms with E-state index in [0.29, 0.717) is 18.6 Å². The highest BCUT2D eigenvalue weighted by Crippen LogP contribution is 2.25. The topological polar surface area (TPSA) is 46.6 Å². The third kappa shape index (κ3) is 3.10. The number of ether oxygens (including phenoxy) is 1. The van der Waals surface area contributed by atoms with Gasteiger partial charge in [-0.1, -0.05) is 6.42 Å². The lowest BCUT2D eigenvalue weighted by atomic mass is 9.86. The maximum absolute atomic E-state index is 12.3. The monoisotopic (exact) mass is 255 g/mol. The molecule has 0 aromatic rings.